The fourth-order valence-electron chi connectivity index (χ4n) is 4.27. The van der Waals surface area contributed by atoms with Crippen molar-refractivity contribution in [3.63, 3.8) is 0 Å². The van der Waals surface area contributed by atoms with E-state index in [0.717, 1.165) is 40.9 Å². The van der Waals surface area contributed by atoms with Crippen molar-refractivity contribution in [1.82, 2.24) is 10.3 Å². The van der Waals surface area contributed by atoms with Crippen LogP contribution in [-0.2, 0) is 12.8 Å². The highest BCUT2D eigenvalue weighted by Crippen LogP contribution is 2.40. The third-order valence-corrected chi connectivity index (χ3v) is 7.35. The van der Waals surface area contributed by atoms with Crippen LogP contribution in [0.4, 0.5) is 11.6 Å². The summed E-state index contributed by atoms with van der Waals surface area (Å²) >= 11 is 1.32. The smallest absolute Gasteiger partial charge is 0.303 e. The molecule has 5 rings (SSSR count). The number of benzene rings is 1. The van der Waals surface area contributed by atoms with Gasteiger partial charge in [-0.2, -0.15) is 0 Å². The van der Waals surface area contributed by atoms with Gasteiger partial charge in [0.25, 0.3) is 12.1 Å². The number of carbonyl (C=O) groups is 1. The second kappa shape index (κ2) is 7.70. The fourth-order valence-corrected chi connectivity index (χ4v) is 5.26. The summed E-state index contributed by atoms with van der Waals surface area (Å²) in [5.74, 6) is 0.531. The van der Waals surface area contributed by atoms with E-state index in [1.165, 1.54) is 16.9 Å². The number of rotatable bonds is 3. The van der Waals surface area contributed by atoms with Crippen LogP contribution < -0.4 is 15.7 Å². The Balaban J connectivity index is 1.41. The maximum atomic E-state index is 12.9. The van der Waals surface area contributed by atoms with Crippen molar-refractivity contribution in [2.75, 3.05) is 11.1 Å². The zero-order valence-corrected chi connectivity index (χ0v) is 19.2. The van der Waals surface area contributed by atoms with Crippen LogP contribution in [-0.4, -0.2) is 16.2 Å². The summed E-state index contributed by atoms with van der Waals surface area (Å²) in [5.41, 5.74) is 10.3. The number of para-hydroxylation sites is 1. The average molecular weight is 449 g/mol. The number of anilines is 2. The Hall–Kier alpha value is -3.26. The number of carbonyl (C=O) groups excluding carboxylic acids is 1. The van der Waals surface area contributed by atoms with Crippen LogP contribution in [0, 0.1) is 11.3 Å². The minimum Gasteiger partial charge on any atom is -0.397 e. The second-order valence-corrected chi connectivity index (χ2v) is 10.4. The summed E-state index contributed by atoms with van der Waals surface area (Å²) in [7, 11) is 0. The molecule has 0 fully saturated rings. The number of amides is 1. The number of aromatic nitrogens is 3. The van der Waals surface area contributed by atoms with Gasteiger partial charge in [-0.15, -0.1) is 11.3 Å². The van der Waals surface area contributed by atoms with Crippen LogP contribution in [0.5, 0.6) is 0 Å². The Kier molecular flexibility index (Phi) is 4.97. The summed E-state index contributed by atoms with van der Waals surface area (Å²) in [4.78, 5) is 19.1. The number of thiophene rings is 1. The Morgan fingerprint density at radius 1 is 1.28 bits per heavy atom. The van der Waals surface area contributed by atoms with Crippen LogP contribution in [0.15, 0.2) is 47.1 Å². The maximum Gasteiger partial charge on any atom is 0.303 e. The van der Waals surface area contributed by atoms with E-state index in [4.69, 9.17) is 15.2 Å². The molecule has 0 saturated carbocycles. The minimum atomic E-state index is -0.326. The Morgan fingerprint density at radius 2 is 2.06 bits per heavy atom. The van der Waals surface area contributed by atoms with E-state index >= 15 is 0 Å². The molecule has 1 unspecified atom stereocenters. The van der Waals surface area contributed by atoms with Crippen molar-refractivity contribution < 1.29 is 14.0 Å². The second-order valence-electron chi connectivity index (χ2n) is 9.40. The lowest BCUT2D eigenvalue weighted by molar-refractivity contribution is -0.670. The van der Waals surface area contributed by atoms with Gasteiger partial charge < -0.3 is 5.73 Å². The molecule has 4 aromatic rings. The Morgan fingerprint density at radius 3 is 2.81 bits per heavy atom. The van der Waals surface area contributed by atoms with E-state index in [1.807, 2.05) is 30.3 Å². The number of nitrogens with one attached hydrogen (secondary N) is 1. The maximum absolute atomic E-state index is 12.9. The first kappa shape index (κ1) is 20.6. The molecule has 3 aromatic heterocycles. The summed E-state index contributed by atoms with van der Waals surface area (Å²) in [6, 6.07) is 11.7. The topological polar surface area (TPSA) is 97.9 Å². The van der Waals surface area contributed by atoms with Crippen molar-refractivity contribution in [2.45, 2.75) is 40.0 Å². The zero-order valence-electron chi connectivity index (χ0n) is 18.4. The SMILES string of the molecule is CC(C)(C)C1CCc2nc3sc(C(=O)Nc4c[n+](-c5ccccc5)no4)c(N)c3cc2C1. The molecule has 0 spiro atoms. The molecule has 7 nitrogen and oxygen atoms in total. The van der Waals surface area contributed by atoms with Crippen LogP contribution in [0.2, 0.25) is 0 Å². The summed E-state index contributed by atoms with van der Waals surface area (Å²) in [5, 5.41) is 7.58. The molecule has 0 bridgehead atoms. The normalized spacial score (nSPS) is 16.2. The number of pyridine rings is 1. The van der Waals surface area contributed by atoms with E-state index in [0.29, 0.717) is 16.5 Å². The first-order chi connectivity index (χ1) is 15.3. The van der Waals surface area contributed by atoms with Crippen molar-refractivity contribution in [3.8, 4) is 5.69 Å². The monoisotopic (exact) mass is 448 g/mol. The van der Waals surface area contributed by atoms with Crippen LogP contribution in [0.25, 0.3) is 15.9 Å². The number of aryl methyl sites for hydroxylation is 1. The summed E-state index contributed by atoms with van der Waals surface area (Å²) in [6.07, 6.45) is 4.72. The lowest BCUT2D eigenvalue weighted by Gasteiger charge is -2.34. The predicted molar refractivity (Wildman–Crippen MR) is 125 cm³/mol. The van der Waals surface area contributed by atoms with Gasteiger partial charge in [-0.3, -0.25) is 14.6 Å². The van der Waals surface area contributed by atoms with Crippen molar-refractivity contribution in [1.29, 1.82) is 0 Å². The first-order valence-corrected chi connectivity index (χ1v) is 11.6. The molecule has 8 heteroatoms. The highest BCUT2D eigenvalue weighted by molar-refractivity contribution is 7.21. The third kappa shape index (κ3) is 3.75. The van der Waals surface area contributed by atoms with Crippen molar-refractivity contribution in [2.24, 2.45) is 11.3 Å². The molecule has 164 valence electrons. The first-order valence-electron chi connectivity index (χ1n) is 10.8. The quantitative estimate of drug-likeness (QED) is 0.448. The number of hydrogen-bond donors (Lipinski definition) is 2. The van der Waals surface area contributed by atoms with Gasteiger partial charge in [0.2, 0.25) is 11.0 Å². The molecule has 1 atom stereocenters. The van der Waals surface area contributed by atoms with E-state index < -0.39 is 0 Å². The van der Waals surface area contributed by atoms with E-state index in [1.54, 1.807) is 10.9 Å². The van der Waals surface area contributed by atoms with Gasteiger partial charge in [0.15, 0.2) is 0 Å². The van der Waals surface area contributed by atoms with Gasteiger partial charge in [-0.05, 0) is 46.9 Å². The number of hydrogen-bond acceptors (Lipinski definition) is 6. The number of nitrogens with two attached hydrogens (primary N) is 1. The van der Waals surface area contributed by atoms with E-state index in [2.05, 4.69) is 37.4 Å². The fraction of sp³-hybridized carbons (Fsp3) is 0.333. The van der Waals surface area contributed by atoms with Gasteiger partial charge >= 0.3 is 5.88 Å². The molecule has 3 heterocycles. The number of fused-ring (bicyclic) bond motifs is 2. The third-order valence-electron chi connectivity index (χ3n) is 6.24. The lowest BCUT2D eigenvalue weighted by atomic mass is 9.71. The standard InChI is InChI=1S/C24H25N5O2S/c1-24(2,3)15-9-10-18-14(11-15)12-17-20(25)21(32-23(17)26-18)22(30)27-19-13-29(28-31-19)16-7-5-4-6-8-16/h4-8,12-13,15H,9-11H2,1-3H3,(H2-,25,27,28,30)/p+1. The molecular weight excluding hydrogens is 422 g/mol. The molecule has 0 aliphatic heterocycles. The summed E-state index contributed by atoms with van der Waals surface area (Å²) in [6.45, 7) is 6.88. The predicted octanol–water partition coefficient (Wildman–Crippen LogP) is 4.55. The molecule has 1 aromatic carbocycles. The molecule has 0 saturated heterocycles. The molecule has 1 amide bonds. The van der Waals surface area contributed by atoms with Crippen LogP contribution >= 0.6 is 11.3 Å². The largest absolute Gasteiger partial charge is 0.397 e. The van der Waals surface area contributed by atoms with E-state index in [9.17, 15) is 4.79 Å². The molecule has 1 aliphatic rings. The highest BCUT2D eigenvalue weighted by Gasteiger charge is 2.30. The molecular formula is C24H26N5O2S+. The average Bonchev–Trinajstić information content (AvgIpc) is 3.36. The van der Waals surface area contributed by atoms with Gasteiger partial charge in [0, 0.05) is 23.2 Å². The Bertz CT molecular complexity index is 1300. The molecule has 0 radical (unpaired) electrons. The van der Waals surface area contributed by atoms with Gasteiger partial charge in [-0.25, -0.2) is 4.98 Å². The van der Waals surface area contributed by atoms with Crippen molar-refractivity contribution in [3.05, 3.63) is 58.7 Å². The molecule has 32 heavy (non-hydrogen) atoms. The number of nitrogen functional groups attached to an aromatic ring is 1. The highest BCUT2D eigenvalue weighted by atomic mass is 32.1. The van der Waals surface area contributed by atoms with Gasteiger partial charge in [-0.1, -0.05) is 39.0 Å². The van der Waals surface area contributed by atoms with Crippen molar-refractivity contribution >= 4 is 39.0 Å². The molecule has 3 N–H and O–H groups in total. The van der Waals surface area contributed by atoms with Gasteiger partial charge in [0.1, 0.15) is 9.71 Å². The minimum absolute atomic E-state index is 0.246. The van der Waals surface area contributed by atoms with E-state index in [-0.39, 0.29) is 17.2 Å². The zero-order chi connectivity index (χ0) is 22.5. The molecule has 1 aliphatic carbocycles. The van der Waals surface area contributed by atoms with Crippen LogP contribution in [0.1, 0.15) is 48.1 Å². The van der Waals surface area contributed by atoms with Gasteiger partial charge in [0.05, 0.1) is 5.69 Å². The number of nitrogens with zero attached hydrogens (tertiary/aromatic N) is 3. The summed E-state index contributed by atoms with van der Waals surface area (Å²) < 4.78 is 6.84. The lowest BCUT2D eigenvalue weighted by Crippen LogP contribution is -2.31. The Labute approximate surface area is 190 Å². The van der Waals surface area contributed by atoms with Crippen LogP contribution in [0.3, 0.4) is 0 Å².